The van der Waals surface area contributed by atoms with Gasteiger partial charge in [-0.05, 0) is 37.5 Å². The Morgan fingerprint density at radius 1 is 1.47 bits per heavy atom. The van der Waals surface area contributed by atoms with Gasteiger partial charge in [0.25, 0.3) is 0 Å². The normalized spacial score (nSPS) is 9.65. The number of hydrogen-bond acceptors (Lipinski definition) is 3. The van der Waals surface area contributed by atoms with Gasteiger partial charge >= 0.3 is 5.97 Å². The molecule has 1 rings (SSSR count). The van der Waals surface area contributed by atoms with E-state index in [9.17, 15) is 4.79 Å². The Hall–Kier alpha value is -2.02. The van der Waals surface area contributed by atoms with Gasteiger partial charge in [0.05, 0.1) is 18.2 Å². The van der Waals surface area contributed by atoms with Gasteiger partial charge in [0, 0.05) is 6.42 Å². The number of hydrogen-bond donors (Lipinski definition) is 1. The van der Waals surface area contributed by atoms with E-state index in [0.29, 0.717) is 18.8 Å². The van der Waals surface area contributed by atoms with Crippen LogP contribution in [0.3, 0.4) is 0 Å². The summed E-state index contributed by atoms with van der Waals surface area (Å²) in [6.45, 7) is 2.38. The minimum Gasteiger partial charge on any atom is -0.493 e. The van der Waals surface area contributed by atoms with Gasteiger partial charge in [-0.3, -0.25) is 0 Å². The highest BCUT2D eigenvalue weighted by molar-refractivity contribution is 5.88. The van der Waals surface area contributed by atoms with Crippen molar-refractivity contribution in [2.75, 3.05) is 6.61 Å². The van der Waals surface area contributed by atoms with Gasteiger partial charge in [-0.1, -0.05) is 6.07 Å². The summed E-state index contributed by atoms with van der Waals surface area (Å²) in [4.78, 5) is 10.8. The summed E-state index contributed by atoms with van der Waals surface area (Å²) < 4.78 is 5.50. The van der Waals surface area contributed by atoms with Gasteiger partial charge in [-0.2, -0.15) is 5.26 Å². The van der Waals surface area contributed by atoms with Crippen LogP contribution in [0.1, 0.15) is 35.2 Å². The van der Waals surface area contributed by atoms with E-state index in [1.54, 1.807) is 12.1 Å². The van der Waals surface area contributed by atoms with Gasteiger partial charge in [-0.15, -0.1) is 0 Å². The van der Waals surface area contributed by atoms with E-state index >= 15 is 0 Å². The average molecular weight is 233 g/mol. The molecule has 0 amide bonds. The minimum atomic E-state index is -0.959. The van der Waals surface area contributed by atoms with E-state index in [-0.39, 0.29) is 5.56 Å². The Labute approximate surface area is 100 Å². The number of aryl methyl sites for hydroxylation is 1. The molecule has 1 aromatic rings. The first-order chi connectivity index (χ1) is 8.15. The summed E-state index contributed by atoms with van der Waals surface area (Å²) in [6.07, 6.45) is 2.12. The lowest BCUT2D eigenvalue weighted by Crippen LogP contribution is -2.02. The lowest BCUT2D eigenvalue weighted by atomic mass is 10.1. The number of ether oxygens (including phenoxy) is 1. The van der Waals surface area contributed by atoms with Crippen molar-refractivity contribution in [1.29, 1.82) is 5.26 Å². The first-order valence-electron chi connectivity index (χ1n) is 5.49. The molecule has 0 unspecified atom stereocenters. The molecule has 0 aliphatic rings. The number of benzene rings is 1. The number of nitriles is 1. The SMILES string of the molecule is Cc1ccc(C(=O)O)cc1OCCCCC#N. The highest BCUT2D eigenvalue weighted by atomic mass is 16.5. The monoisotopic (exact) mass is 233 g/mol. The molecule has 0 radical (unpaired) electrons. The predicted molar refractivity (Wildman–Crippen MR) is 63.1 cm³/mol. The number of unbranched alkanes of at least 4 members (excludes halogenated alkanes) is 2. The molecule has 0 atom stereocenters. The molecule has 17 heavy (non-hydrogen) atoms. The highest BCUT2D eigenvalue weighted by Gasteiger charge is 2.06. The highest BCUT2D eigenvalue weighted by Crippen LogP contribution is 2.20. The summed E-state index contributed by atoms with van der Waals surface area (Å²) in [7, 11) is 0. The summed E-state index contributed by atoms with van der Waals surface area (Å²) in [5, 5.41) is 17.2. The molecule has 90 valence electrons. The maximum atomic E-state index is 10.8. The Morgan fingerprint density at radius 3 is 2.88 bits per heavy atom. The third-order valence-electron chi connectivity index (χ3n) is 2.38. The van der Waals surface area contributed by atoms with Crippen LogP contribution in [0.5, 0.6) is 5.75 Å². The third kappa shape index (κ3) is 4.15. The van der Waals surface area contributed by atoms with Crippen molar-refractivity contribution < 1.29 is 14.6 Å². The fourth-order valence-corrected chi connectivity index (χ4v) is 1.38. The van der Waals surface area contributed by atoms with Crippen molar-refractivity contribution in [2.24, 2.45) is 0 Å². The summed E-state index contributed by atoms with van der Waals surface area (Å²) in [6, 6.07) is 6.88. The molecule has 1 aromatic carbocycles. The smallest absolute Gasteiger partial charge is 0.335 e. The summed E-state index contributed by atoms with van der Waals surface area (Å²) in [5.74, 6) is -0.360. The summed E-state index contributed by atoms with van der Waals surface area (Å²) >= 11 is 0. The second-order valence-electron chi connectivity index (χ2n) is 3.75. The standard InChI is InChI=1S/C13H15NO3/c1-10-5-6-11(13(15)16)9-12(10)17-8-4-2-3-7-14/h5-6,9H,2-4,8H2,1H3,(H,15,16). The summed E-state index contributed by atoms with van der Waals surface area (Å²) in [5.41, 5.74) is 1.14. The number of nitrogens with zero attached hydrogens (tertiary/aromatic N) is 1. The van der Waals surface area contributed by atoms with Crippen LogP contribution in [-0.4, -0.2) is 17.7 Å². The van der Waals surface area contributed by atoms with Crippen LogP contribution in [0.2, 0.25) is 0 Å². The lowest BCUT2D eigenvalue weighted by Gasteiger charge is -2.09. The number of rotatable bonds is 6. The molecule has 0 saturated carbocycles. The average Bonchev–Trinajstić information content (AvgIpc) is 2.30. The Morgan fingerprint density at radius 2 is 2.24 bits per heavy atom. The van der Waals surface area contributed by atoms with Crippen molar-refractivity contribution in [3.05, 3.63) is 29.3 Å². The number of aromatic carboxylic acids is 1. The fraction of sp³-hybridized carbons (Fsp3) is 0.385. The van der Waals surface area contributed by atoms with E-state index in [1.807, 2.05) is 6.92 Å². The number of carboxylic acid groups (broad SMARTS) is 1. The number of carbonyl (C=O) groups is 1. The van der Waals surface area contributed by atoms with Crippen LogP contribution >= 0.6 is 0 Å². The van der Waals surface area contributed by atoms with Crippen LogP contribution < -0.4 is 4.74 Å². The van der Waals surface area contributed by atoms with E-state index in [0.717, 1.165) is 18.4 Å². The molecular weight excluding hydrogens is 218 g/mol. The molecule has 0 fully saturated rings. The zero-order valence-corrected chi connectivity index (χ0v) is 9.77. The van der Waals surface area contributed by atoms with Gasteiger partial charge in [0.1, 0.15) is 5.75 Å². The second kappa shape index (κ2) is 6.54. The molecule has 1 N–H and O–H groups in total. The van der Waals surface area contributed by atoms with E-state index < -0.39 is 5.97 Å². The van der Waals surface area contributed by atoms with Crippen molar-refractivity contribution in [2.45, 2.75) is 26.2 Å². The molecule has 0 bridgehead atoms. The largest absolute Gasteiger partial charge is 0.493 e. The zero-order chi connectivity index (χ0) is 12.7. The molecule has 0 saturated heterocycles. The molecule has 0 aliphatic carbocycles. The maximum Gasteiger partial charge on any atom is 0.335 e. The van der Waals surface area contributed by atoms with Crippen LogP contribution in [0.15, 0.2) is 18.2 Å². The van der Waals surface area contributed by atoms with Crippen molar-refractivity contribution >= 4 is 5.97 Å². The second-order valence-corrected chi connectivity index (χ2v) is 3.75. The molecule has 4 heteroatoms. The maximum absolute atomic E-state index is 10.8. The third-order valence-corrected chi connectivity index (χ3v) is 2.38. The number of carboxylic acids is 1. The van der Waals surface area contributed by atoms with Gasteiger partial charge in [0.2, 0.25) is 0 Å². The van der Waals surface area contributed by atoms with Crippen molar-refractivity contribution in [1.82, 2.24) is 0 Å². The van der Waals surface area contributed by atoms with Gasteiger partial charge < -0.3 is 9.84 Å². The molecule has 0 aliphatic heterocycles. The van der Waals surface area contributed by atoms with Crippen molar-refractivity contribution in [3.8, 4) is 11.8 Å². The Kier molecular flexibility index (Phi) is 5.02. The fourth-order valence-electron chi connectivity index (χ4n) is 1.38. The quantitative estimate of drug-likeness (QED) is 0.767. The molecular formula is C13H15NO3. The first-order valence-corrected chi connectivity index (χ1v) is 5.49. The molecule has 0 spiro atoms. The van der Waals surface area contributed by atoms with Crippen LogP contribution in [0.25, 0.3) is 0 Å². The van der Waals surface area contributed by atoms with Crippen LogP contribution in [0, 0.1) is 18.3 Å². The lowest BCUT2D eigenvalue weighted by molar-refractivity contribution is 0.0696. The topological polar surface area (TPSA) is 70.3 Å². The van der Waals surface area contributed by atoms with E-state index in [1.165, 1.54) is 6.07 Å². The van der Waals surface area contributed by atoms with Gasteiger partial charge in [-0.25, -0.2) is 4.79 Å². The Bertz CT molecular complexity index is 435. The minimum absolute atomic E-state index is 0.225. The van der Waals surface area contributed by atoms with E-state index in [2.05, 4.69) is 6.07 Å². The predicted octanol–water partition coefficient (Wildman–Crippen LogP) is 2.77. The Balaban J connectivity index is 2.55. The molecule has 4 nitrogen and oxygen atoms in total. The molecule has 0 aromatic heterocycles. The van der Waals surface area contributed by atoms with E-state index in [4.69, 9.17) is 15.1 Å². The zero-order valence-electron chi connectivity index (χ0n) is 9.77. The van der Waals surface area contributed by atoms with Crippen LogP contribution in [0.4, 0.5) is 0 Å². The molecule has 0 heterocycles. The van der Waals surface area contributed by atoms with Crippen molar-refractivity contribution in [3.63, 3.8) is 0 Å². The van der Waals surface area contributed by atoms with Crippen LogP contribution in [-0.2, 0) is 0 Å². The van der Waals surface area contributed by atoms with Gasteiger partial charge in [0.15, 0.2) is 0 Å². The first kappa shape index (κ1) is 13.0.